The molecule has 0 aliphatic heterocycles. The minimum atomic E-state index is -0.115. The minimum absolute atomic E-state index is 0.115. The van der Waals surface area contributed by atoms with Gasteiger partial charge in [-0.05, 0) is 124 Å². The Morgan fingerprint density at radius 3 is 2.05 bits per heavy atom. The summed E-state index contributed by atoms with van der Waals surface area (Å²) in [6.07, 6.45) is 0. The molecule has 11 rings (SSSR count). The molecule has 1 N–H and O–H groups in total. The summed E-state index contributed by atoms with van der Waals surface area (Å²) in [5.41, 5.74) is 16.0. The first kappa shape index (κ1) is 33.5. The van der Waals surface area contributed by atoms with Crippen molar-refractivity contribution in [3.8, 4) is 32.7 Å². The normalized spacial score (nSPS) is 12.9. The Morgan fingerprint density at radius 2 is 1.18 bits per heavy atom. The summed E-state index contributed by atoms with van der Waals surface area (Å²) in [7, 11) is 0. The van der Waals surface area contributed by atoms with Crippen molar-refractivity contribution in [1.82, 2.24) is 0 Å². The van der Waals surface area contributed by atoms with Crippen LogP contribution in [0, 0.1) is 0 Å². The van der Waals surface area contributed by atoms with Gasteiger partial charge in [-0.1, -0.05) is 117 Å². The molecule has 0 radical (unpaired) electrons. The summed E-state index contributed by atoms with van der Waals surface area (Å²) in [6.45, 7) is 4.69. The van der Waals surface area contributed by atoms with Gasteiger partial charge in [0.25, 0.3) is 0 Å². The predicted octanol–water partition coefficient (Wildman–Crippen LogP) is 15.7. The smallest absolute Gasteiger partial charge is 0.135 e. The lowest BCUT2D eigenvalue weighted by Gasteiger charge is -2.28. The Balaban J connectivity index is 1.03. The van der Waals surface area contributed by atoms with Crippen LogP contribution in [0.5, 0.6) is 0 Å². The van der Waals surface area contributed by atoms with E-state index in [-0.39, 0.29) is 5.41 Å². The molecule has 2 aromatic heterocycles. The lowest BCUT2D eigenvalue weighted by molar-refractivity contribution is 0.660. The van der Waals surface area contributed by atoms with Gasteiger partial charge in [0, 0.05) is 59.8 Å². The highest BCUT2D eigenvalue weighted by molar-refractivity contribution is 7.22. The van der Waals surface area contributed by atoms with Crippen LogP contribution in [-0.4, -0.2) is 0 Å². The van der Waals surface area contributed by atoms with Crippen LogP contribution < -0.4 is 10.2 Å². The van der Waals surface area contributed by atoms with Gasteiger partial charge in [0.2, 0.25) is 0 Å². The molecular formula is C53H38N2OS. The number of hydrogen-bond acceptors (Lipinski definition) is 4. The van der Waals surface area contributed by atoms with Crippen LogP contribution in [0.4, 0.5) is 28.4 Å². The van der Waals surface area contributed by atoms with E-state index in [1.165, 1.54) is 48.3 Å². The molecule has 1 aliphatic carbocycles. The zero-order chi connectivity index (χ0) is 38.1. The number of rotatable bonds is 7. The zero-order valence-electron chi connectivity index (χ0n) is 31.7. The van der Waals surface area contributed by atoms with E-state index in [9.17, 15) is 0 Å². The number of thiophene rings is 1. The fourth-order valence-electron chi connectivity index (χ4n) is 8.76. The van der Waals surface area contributed by atoms with Gasteiger partial charge in [-0.25, -0.2) is 0 Å². The van der Waals surface area contributed by atoms with Crippen molar-refractivity contribution in [2.75, 3.05) is 10.2 Å². The second-order valence-electron chi connectivity index (χ2n) is 15.5. The van der Waals surface area contributed by atoms with Crippen molar-refractivity contribution in [2.24, 2.45) is 0 Å². The van der Waals surface area contributed by atoms with Crippen LogP contribution in [0.15, 0.2) is 192 Å². The molecule has 2 heterocycles. The number of anilines is 5. The molecule has 272 valence electrons. The minimum Gasteiger partial charge on any atom is -0.456 e. The Bertz CT molecular complexity index is 3100. The molecule has 0 fully saturated rings. The standard InChI is InChI=1S/C53H38N2OS/c1-53(2)46-17-9-7-15-41(46)42-27-25-40(33-47(42)53)55(39-26-29-50-44(32-39)43-16-8-10-18-49(43)56-50)38-23-20-34(21-24-38)35-22-28-48(54-37-13-4-3-5-14-37)45(30-35)52-31-36-12-6-11-19-51(36)57-52/h3-33,54H,1-2H3. The molecule has 4 heteroatoms. The first-order valence-corrected chi connectivity index (χ1v) is 20.3. The maximum atomic E-state index is 6.26. The fraction of sp³-hybridized carbons (Fsp3) is 0.0566. The number of benzene rings is 8. The van der Waals surface area contributed by atoms with E-state index < -0.39 is 0 Å². The maximum absolute atomic E-state index is 6.26. The summed E-state index contributed by atoms with van der Waals surface area (Å²) >= 11 is 1.83. The molecular weight excluding hydrogens is 713 g/mol. The van der Waals surface area contributed by atoms with Crippen molar-refractivity contribution >= 4 is 71.8 Å². The second-order valence-corrected chi connectivity index (χ2v) is 16.5. The highest BCUT2D eigenvalue weighted by Gasteiger charge is 2.35. The Kier molecular flexibility index (Phi) is 7.70. The molecule has 57 heavy (non-hydrogen) atoms. The van der Waals surface area contributed by atoms with Crippen molar-refractivity contribution in [3.05, 3.63) is 199 Å². The lowest BCUT2D eigenvalue weighted by atomic mass is 9.82. The van der Waals surface area contributed by atoms with Gasteiger partial charge >= 0.3 is 0 Å². The third kappa shape index (κ3) is 5.63. The number of nitrogens with zero attached hydrogens (tertiary/aromatic N) is 1. The molecule has 0 saturated carbocycles. The average molecular weight is 751 g/mol. The Labute approximate surface area is 336 Å². The van der Waals surface area contributed by atoms with E-state index in [0.29, 0.717) is 0 Å². The summed E-state index contributed by atoms with van der Waals surface area (Å²) in [5, 5.41) is 7.19. The Hall–Kier alpha value is -6.88. The number of fused-ring (bicyclic) bond motifs is 7. The van der Waals surface area contributed by atoms with Gasteiger partial charge in [-0.15, -0.1) is 11.3 Å². The third-order valence-corrected chi connectivity index (χ3v) is 12.8. The van der Waals surface area contributed by atoms with Gasteiger partial charge in [-0.3, -0.25) is 0 Å². The summed E-state index contributed by atoms with van der Waals surface area (Å²) in [4.78, 5) is 3.63. The van der Waals surface area contributed by atoms with Gasteiger partial charge < -0.3 is 14.6 Å². The van der Waals surface area contributed by atoms with Crippen molar-refractivity contribution in [1.29, 1.82) is 0 Å². The van der Waals surface area contributed by atoms with Crippen LogP contribution in [0.2, 0.25) is 0 Å². The molecule has 8 aromatic carbocycles. The number of para-hydroxylation sites is 2. The van der Waals surface area contributed by atoms with Crippen LogP contribution in [0.3, 0.4) is 0 Å². The predicted molar refractivity (Wildman–Crippen MR) is 242 cm³/mol. The molecule has 0 atom stereocenters. The maximum Gasteiger partial charge on any atom is 0.135 e. The summed E-state index contributed by atoms with van der Waals surface area (Å²) < 4.78 is 7.55. The molecule has 0 bridgehead atoms. The Morgan fingerprint density at radius 1 is 0.491 bits per heavy atom. The lowest BCUT2D eigenvalue weighted by Crippen LogP contribution is -2.16. The topological polar surface area (TPSA) is 28.4 Å². The van der Waals surface area contributed by atoms with Crippen molar-refractivity contribution < 1.29 is 4.42 Å². The van der Waals surface area contributed by atoms with E-state index in [0.717, 1.165) is 55.9 Å². The number of hydrogen-bond donors (Lipinski definition) is 1. The van der Waals surface area contributed by atoms with Crippen LogP contribution in [-0.2, 0) is 5.41 Å². The first-order valence-electron chi connectivity index (χ1n) is 19.5. The molecule has 3 nitrogen and oxygen atoms in total. The monoisotopic (exact) mass is 750 g/mol. The van der Waals surface area contributed by atoms with Crippen LogP contribution >= 0.6 is 11.3 Å². The molecule has 1 aliphatic rings. The van der Waals surface area contributed by atoms with E-state index in [1.807, 2.05) is 29.5 Å². The highest BCUT2D eigenvalue weighted by Crippen LogP contribution is 2.51. The molecule has 10 aromatic rings. The van der Waals surface area contributed by atoms with E-state index >= 15 is 0 Å². The van der Waals surface area contributed by atoms with Gasteiger partial charge in [0.15, 0.2) is 0 Å². The van der Waals surface area contributed by atoms with Crippen molar-refractivity contribution in [3.63, 3.8) is 0 Å². The number of nitrogens with one attached hydrogen (secondary N) is 1. The summed E-state index contributed by atoms with van der Waals surface area (Å²) in [6, 6.07) is 67.9. The van der Waals surface area contributed by atoms with E-state index in [2.05, 4.69) is 194 Å². The average Bonchev–Trinajstić information content (AvgIpc) is 3.92. The van der Waals surface area contributed by atoms with Crippen LogP contribution in [0.25, 0.3) is 64.7 Å². The molecule has 0 saturated heterocycles. The van der Waals surface area contributed by atoms with Crippen LogP contribution in [0.1, 0.15) is 25.0 Å². The van der Waals surface area contributed by atoms with Gasteiger partial charge in [0.1, 0.15) is 11.2 Å². The number of furan rings is 1. The fourth-order valence-corrected chi connectivity index (χ4v) is 9.86. The molecule has 0 spiro atoms. The first-order chi connectivity index (χ1) is 28.0. The zero-order valence-corrected chi connectivity index (χ0v) is 32.5. The van der Waals surface area contributed by atoms with Gasteiger partial charge in [-0.2, -0.15) is 0 Å². The van der Waals surface area contributed by atoms with E-state index in [4.69, 9.17) is 4.42 Å². The SMILES string of the molecule is CC1(C)c2ccccc2-c2ccc(N(c3ccc(-c4ccc(Nc5ccccc5)c(-c5cc6ccccc6s5)c4)cc3)c3ccc4oc5ccccc5c4c3)cc21. The highest BCUT2D eigenvalue weighted by atomic mass is 32.1. The van der Waals surface area contributed by atoms with Gasteiger partial charge in [0.05, 0.1) is 0 Å². The quantitative estimate of drug-likeness (QED) is 0.176. The second kappa shape index (κ2) is 13.1. The largest absolute Gasteiger partial charge is 0.456 e. The van der Waals surface area contributed by atoms with Crippen molar-refractivity contribution in [2.45, 2.75) is 19.3 Å². The molecule has 0 unspecified atom stereocenters. The van der Waals surface area contributed by atoms with E-state index in [1.54, 1.807) is 0 Å². The summed E-state index contributed by atoms with van der Waals surface area (Å²) in [5.74, 6) is 0. The third-order valence-electron chi connectivity index (χ3n) is 11.7. The molecule has 0 amide bonds.